The van der Waals surface area contributed by atoms with Crippen molar-refractivity contribution in [2.45, 2.75) is 0 Å². The second kappa shape index (κ2) is 7.11. The quantitative estimate of drug-likeness (QED) is 0.746. The SMILES string of the molecule is CNC(=O)c1c(N(C)CCOC)sc(C(=O)OC)c1N. The summed E-state index contributed by atoms with van der Waals surface area (Å²) >= 11 is 1.13. The Morgan fingerprint density at radius 1 is 1.40 bits per heavy atom. The highest BCUT2D eigenvalue weighted by molar-refractivity contribution is 7.19. The number of amides is 1. The van der Waals surface area contributed by atoms with E-state index < -0.39 is 5.97 Å². The van der Waals surface area contributed by atoms with Crippen molar-refractivity contribution in [1.29, 1.82) is 0 Å². The van der Waals surface area contributed by atoms with Gasteiger partial charge in [0.1, 0.15) is 9.88 Å². The molecule has 0 aliphatic carbocycles. The Bertz CT molecular complexity index is 501. The molecular weight excluding hydrogens is 282 g/mol. The fourth-order valence-electron chi connectivity index (χ4n) is 1.62. The topological polar surface area (TPSA) is 93.9 Å². The average molecular weight is 301 g/mol. The molecule has 8 heteroatoms. The van der Waals surface area contributed by atoms with Crippen LogP contribution in [0.1, 0.15) is 20.0 Å². The molecule has 0 unspecified atom stereocenters. The molecule has 1 aromatic heterocycles. The standard InChI is InChI=1S/C12H19N3O4S/c1-14-10(16)7-8(13)9(12(17)19-4)20-11(7)15(2)5-6-18-3/h5-6,13H2,1-4H3,(H,14,16). The molecule has 0 saturated heterocycles. The van der Waals surface area contributed by atoms with Crippen molar-refractivity contribution >= 4 is 33.9 Å². The second-order valence-corrected chi connectivity index (χ2v) is 5.01. The molecule has 1 heterocycles. The Morgan fingerprint density at radius 3 is 2.55 bits per heavy atom. The minimum Gasteiger partial charge on any atom is -0.465 e. The Labute approximate surface area is 121 Å². The van der Waals surface area contributed by atoms with Gasteiger partial charge in [-0.25, -0.2) is 4.79 Å². The first kappa shape index (κ1) is 16.3. The van der Waals surface area contributed by atoms with Gasteiger partial charge in [-0.05, 0) is 0 Å². The summed E-state index contributed by atoms with van der Waals surface area (Å²) in [6.45, 7) is 1.07. The number of methoxy groups -OCH3 is 2. The molecule has 0 aliphatic rings. The number of ether oxygens (including phenoxy) is 2. The minimum absolute atomic E-state index is 0.139. The highest BCUT2D eigenvalue weighted by Gasteiger charge is 2.27. The van der Waals surface area contributed by atoms with E-state index in [0.717, 1.165) is 11.3 Å². The van der Waals surface area contributed by atoms with E-state index in [1.807, 2.05) is 4.90 Å². The maximum absolute atomic E-state index is 12.0. The summed E-state index contributed by atoms with van der Waals surface area (Å²) in [6.07, 6.45) is 0. The first-order valence-electron chi connectivity index (χ1n) is 5.90. The third-order valence-corrected chi connectivity index (χ3v) is 4.03. The van der Waals surface area contributed by atoms with Crippen LogP contribution >= 0.6 is 11.3 Å². The Hall–Kier alpha value is -1.80. The molecule has 112 valence electrons. The van der Waals surface area contributed by atoms with Gasteiger partial charge in [0.05, 0.1) is 25.0 Å². The molecule has 0 fully saturated rings. The van der Waals surface area contributed by atoms with Crippen molar-refractivity contribution < 1.29 is 19.1 Å². The summed E-state index contributed by atoms with van der Waals surface area (Å²) < 4.78 is 9.68. The van der Waals surface area contributed by atoms with E-state index >= 15 is 0 Å². The van der Waals surface area contributed by atoms with Gasteiger partial charge in [-0.2, -0.15) is 0 Å². The smallest absolute Gasteiger partial charge is 0.350 e. The molecule has 20 heavy (non-hydrogen) atoms. The summed E-state index contributed by atoms with van der Waals surface area (Å²) in [6, 6.07) is 0. The lowest BCUT2D eigenvalue weighted by Crippen LogP contribution is -2.26. The van der Waals surface area contributed by atoms with Crippen LogP contribution in [0.25, 0.3) is 0 Å². The van der Waals surface area contributed by atoms with E-state index in [2.05, 4.69) is 10.1 Å². The number of thiophene rings is 1. The fraction of sp³-hybridized carbons (Fsp3) is 0.500. The maximum atomic E-state index is 12.0. The van der Waals surface area contributed by atoms with Gasteiger partial charge in [-0.15, -0.1) is 11.3 Å². The minimum atomic E-state index is -0.552. The van der Waals surface area contributed by atoms with Crippen molar-refractivity contribution in [2.24, 2.45) is 0 Å². The molecule has 7 nitrogen and oxygen atoms in total. The average Bonchev–Trinajstić information content (AvgIpc) is 2.80. The van der Waals surface area contributed by atoms with Crippen molar-refractivity contribution in [3.05, 3.63) is 10.4 Å². The number of nitrogens with two attached hydrogens (primary N) is 1. The molecule has 3 N–H and O–H groups in total. The van der Waals surface area contributed by atoms with Crippen molar-refractivity contribution in [3.63, 3.8) is 0 Å². The summed E-state index contributed by atoms with van der Waals surface area (Å²) in [5.41, 5.74) is 6.34. The number of likely N-dealkylation sites (N-methyl/N-ethyl adjacent to an activating group) is 1. The van der Waals surface area contributed by atoms with E-state index in [1.54, 1.807) is 14.2 Å². The summed E-state index contributed by atoms with van der Waals surface area (Å²) in [5, 5.41) is 3.13. The molecule has 0 spiro atoms. The number of carbonyl (C=O) groups excluding carboxylic acids is 2. The van der Waals surface area contributed by atoms with Gasteiger partial charge in [0, 0.05) is 27.7 Å². The first-order valence-corrected chi connectivity index (χ1v) is 6.72. The van der Waals surface area contributed by atoms with Crippen molar-refractivity contribution in [3.8, 4) is 0 Å². The van der Waals surface area contributed by atoms with Crippen LogP contribution in [0.2, 0.25) is 0 Å². The zero-order valence-corrected chi connectivity index (χ0v) is 12.8. The van der Waals surface area contributed by atoms with Crippen LogP contribution in [0.4, 0.5) is 10.7 Å². The second-order valence-electron chi connectivity index (χ2n) is 4.01. The number of anilines is 2. The van der Waals surface area contributed by atoms with Gasteiger partial charge in [0.25, 0.3) is 5.91 Å². The molecule has 0 bridgehead atoms. The molecule has 1 amide bonds. The molecule has 0 aromatic carbocycles. The number of hydrogen-bond acceptors (Lipinski definition) is 7. The number of nitrogen functional groups attached to an aromatic ring is 1. The highest BCUT2D eigenvalue weighted by Crippen LogP contribution is 2.38. The Morgan fingerprint density at radius 2 is 2.05 bits per heavy atom. The zero-order chi connectivity index (χ0) is 15.3. The van der Waals surface area contributed by atoms with Crippen LogP contribution in [0, 0.1) is 0 Å². The lowest BCUT2D eigenvalue weighted by Gasteiger charge is -2.18. The van der Waals surface area contributed by atoms with Crippen LogP contribution in [0.5, 0.6) is 0 Å². The van der Waals surface area contributed by atoms with E-state index in [0.29, 0.717) is 18.2 Å². The Balaban J connectivity index is 3.26. The number of hydrogen-bond donors (Lipinski definition) is 2. The summed E-state index contributed by atoms with van der Waals surface area (Å²) in [7, 11) is 6.18. The molecule has 1 rings (SSSR count). The van der Waals surface area contributed by atoms with Gasteiger partial charge in [-0.3, -0.25) is 4.79 Å². The van der Waals surface area contributed by atoms with Crippen LogP contribution in [0.3, 0.4) is 0 Å². The third-order valence-electron chi connectivity index (χ3n) is 2.73. The zero-order valence-electron chi connectivity index (χ0n) is 12.0. The number of nitrogens with zero attached hydrogens (tertiary/aromatic N) is 1. The molecule has 0 radical (unpaired) electrons. The molecular formula is C12H19N3O4S. The van der Waals surface area contributed by atoms with Crippen LogP contribution < -0.4 is 16.0 Å². The molecule has 1 aromatic rings. The fourth-order valence-corrected chi connectivity index (χ4v) is 2.74. The van der Waals surface area contributed by atoms with Gasteiger partial charge >= 0.3 is 5.97 Å². The lowest BCUT2D eigenvalue weighted by atomic mass is 10.2. The number of rotatable bonds is 6. The van der Waals surface area contributed by atoms with Crippen LogP contribution in [0.15, 0.2) is 0 Å². The molecule has 0 aliphatic heterocycles. The van der Waals surface area contributed by atoms with Crippen LogP contribution in [-0.2, 0) is 9.47 Å². The highest BCUT2D eigenvalue weighted by atomic mass is 32.1. The monoisotopic (exact) mass is 301 g/mol. The molecule has 0 atom stereocenters. The van der Waals surface area contributed by atoms with E-state index in [1.165, 1.54) is 14.2 Å². The normalized spacial score (nSPS) is 10.2. The predicted molar refractivity (Wildman–Crippen MR) is 78.6 cm³/mol. The number of nitrogens with one attached hydrogen (secondary N) is 1. The van der Waals surface area contributed by atoms with Gasteiger partial charge < -0.3 is 25.4 Å². The number of carbonyl (C=O) groups is 2. The van der Waals surface area contributed by atoms with Crippen molar-refractivity contribution in [2.75, 3.05) is 52.1 Å². The van der Waals surface area contributed by atoms with Crippen molar-refractivity contribution in [1.82, 2.24) is 5.32 Å². The number of esters is 1. The Kier molecular flexibility index (Phi) is 5.78. The predicted octanol–water partition coefficient (Wildman–Crippen LogP) is 0.559. The van der Waals surface area contributed by atoms with Gasteiger partial charge in [0.15, 0.2) is 0 Å². The van der Waals surface area contributed by atoms with Gasteiger partial charge in [0.2, 0.25) is 0 Å². The first-order chi connectivity index (χ1) is 9.47. The third kappa shape index (κ3) is 3.20. The summed E-state index contributed by atoms with van der Waals surface area (Å²) in [5.74, 6) is -0.891. The van der Waals surface area contributed by atoms with E-state index in [4.69, 9.17) is 10.5 Å². The van der Waals surface area contributed by atoms with E-state index in [9.17, 15) is 9.59 Å². The summed E-state index contributed by atoms with van der Waals surface area (Å²) in [4.78, 5) is 25.7. The molecule has 0 saturated carbocycles. The maximum Gasteiger partial charge on any atom is 0.350 e. The van der Waals surface area contributed by atoms with Gasteiger partial charge in [-0.1, -0.05) is 0 Å². The van der Waals surface area contributed by atoms with E-state index in [-0.39, 0.29) is 22.0 Å². The largest absolute Gasteiger partial charge is 0.465 e. The lowest BCUT2D eigenvalue weighted by molar-refractivity contribution is 0.0607. The van der Waals surface area contributed by atoms with Crippen LogP contribution in [-0.4, -0.2) is 53.3 Å².